The molecule has 2 aromatic rings. The van der Waals surface area contributed by atoms with Gasteiger partial charge in [0, 0.05) is 29.3 Å². The van der Waals surface area contributed by atoms with Crippen molar-refractivity contribution in [3.05, 3.63) is 34.2 Å². The van der Waals surface area contributed by atoms with Crippen LogP contribution in [0.15, 0.2) is 22.8 Å². The Hall–Kier alpha value is -0.870. The van der Waals surface area contributed by atoms with Gasteiger partial charge in [-0.1, -0.05) is 0 Å². The minimum atomic E-state index is 0.973. The first-order valence-electron chi connectivity index (χ1n) is 5.00. The van der Waals surface area contributed by atoms with Crippen LogP contribution in [-0.2, 0) is 6.42 Å². The summed E-state index contributed by atoms with van der Waals surface area (Å²) < 4.78 is 3.23. The summed E-state index contributed by atoms with van der Waals surface area (Å²) in [6.07, 6.45) is 3.07. The minimum Gasteiger partial charge on any atom is -0.319 e. The Balaban J connectivity index is 2.50. The maximum atomic E-state index is 4.52. The van der Waals surface area contributed by atoms with E-state index in [0.29, 0.717) is 0 Å². The number of aromatic nitrogens is 2. The van der Waals surface area contributed by atoms with E-state index < -0.39 is 0 Å². The second-order valence-electron chi connectivity index (χ2n) is 3.57. The molecule has 0 saturated carbocycles. The molecule has 0 amide bonds. The average molecular weight is 268 g/mol. The topological polar surface area (TPSA) is 29.3 Å². The average Bonchev–Trinajstić information content (AvgIpc) is 2.51. The number of nitrogens with one attached hydrogen (secondary N) is 1. The molecule has 80 valence electrons. The Bertz CT molecular complexity index is 476. The highest BCUT2D eigenvalue weighted by atomic mass is 79.9. The van der Waals surface area contributed by atoms with Gasteiger partial charge >= 0.3 is 0 Å². The van der Waals surface area contributed by atoms with Gasteiger partial charge in [-0.15, -0.1) is 0 Å². The minimum absolute atomic E-state index is 0.973. The normalized spacial score (nSPS) is 11.1. The third-order valence-corrected chi connectivity index (χ3v) is 2.96. The Morgan fingerprint density at radius 2 is 2.27 bits per heavy atom. The van der Waals surface area contributed by atoms with Gasteiger partial charge in [0.15, 0.2) is 0 Å². The van der Waals surface area contributed by atoms with Crippen LogP contribution in [0.1, 0.15) is 11.4 Å². The monoisotopic (exact) mass is 267 g/mol. The fourth-order valence-electron chi connectivity index (χ4n) is 1.73. The van der Waals surface area contributed by atoms with E-state index in [1.807, 2.05) is 19.2 Å². The van der Waals surface area contributed by atoms with Crippen molar-refractivity contribution in [2.45, 2.75) is 13.3 Å². The van der Waals surface area contributed by atoms with Gasteiger partial charge in [-0.05, 0) is 42.0 Å². The summed E-state index contributed by atoms with van der Waals surface area (Å²) in [7, 11) is 1.97. The quantitative estimate of drug-likeness (QED) is 0.924. The summed E-state index contributed by atoms with van der Waals surface area (Å²) in [5.74, 6) is 0. The van der Waals surface area contributed by atoms with E-state index in [9.17, 15) is 0 Å². The van der Waals surface area contributed by atoms with Crippen molar-refractivity contribution in [2.24, 2.45) is 0 Å². The summed E-state index contributed by atoms with van der Waals surface area (Å²) in [5, 5.41) is 3.16. The molecule has 15 heavy (non-hydrogen) atoms. The maximum Gasteiger partial charge on any atom is 0.137 e. The molecule has 0 bridgehead atoms. The van der Waals surface area contributed by atoms with E-state index in [-0.39, 0.29) is 0 Å². The smallest absolute Gasteiger partial charge is 0.137 e. The highest BCUT2D eigenvalue weighted by molar-refractivity contribution is 9.10. The summed E-state index contributed by atoms with van der Waals surface area (Å²) in [4.78, 5) is 4.52. The number of aryl methyl sites for hydroxylation is 1. The predicted molar refractivity (Wildman–Crippen MR) is 65.3 cm³/mol. The molecule has 1 N–H and O–H groups in total. The van der Waals surface area contributed by atoms with E-state index in [0.717, 1.165) is 28.8 Å². The molecular formula is C11H14BrN3. The summed E-state index contributed by atoms with van der Waals surface area (Å²) in [6, 6.07) is 4.05. The van der Waals surface area contributed by atoms with E-state index >= 15 is 0 Å². The van der Waals surface area contributed by atoms with Crippen LogP contribution in [0.25, 0.3) is 5.65 Å². The molecule has 0 radical (unpaired) electrons. The van der Waals surface area contributed by atoms with Gasteiger partial charge in [-0.2, -0.15) is 0 Å². The van der Waals surface area contributed by atoms with Gasteiger partial charge in [0.25, 0.3) is 0 Å². The lowest BCUT2D eigenvalue weighted by Crippen LogP contribution is -2.12. The first-order chi connectivity index (χ1) is 7.22. The number of rotatable bonds is 3. The molecule has 0 atom stereocenters. The van der Waals surface area contributed by atoms with Crippen molar-refractivity contribution in [2.75, 3.05) is 13.6 Å². The van der Waals surface area contributed by atoms with Gasteiger partial charge in [-0.25, -0.2) is 4.98 Å². The summed E-state index contributed by atoms with van der Waals surface area (Å²) >= 11 is 3.48. The van der Waals surface area contributed by atoms with Crippen LogP contribution in [0.2, 0.25) is 0 Å². The van der Waals surface area contributed by atoms with Crippen LogP contribution in [0.5, 0.6) is 0 Å². The van der Waals surface area contributed by atoms with E-state index in [1.165, 1.54) is 5.69 Å². The zero-order valence-corrected chi connectivity index (χ0v) is 10.5. The number of hydrogen-bond acceptors (Lipinski definition) is 2. The van der Waals surface area contributed by atoms with Gasteiger partial charge in [0.2, 0.25) is 0 Å². The molecule has 0 aromatic carbocycles. The second-order valence-corrected chi connectivity index (χ2v) is 4.49. The molecule has 0 saturated heterocycles. The molecule has 0 fully saturated rings. The molecule has 0 aliphatic rings. The van der Waals surface area contributed by atoms with Crippen LogP contribution < -0.4 is 5.32 Å². The molecule has 3 nitrogen and oxygen atoms in total. The fraction of sp³-hybridized carbons (Fsp3) is 0.364. The Labute approximate surface area is 97.6 Å². The van der Waals surface area contributed by atoms with Crippen molar-refractivity contribution in [1.29, 1.82) is 0 Å². The lowest BCUT2D eigenvalue weighted by molar-refractivity contribution is 0.766. The van der Waals surface area contributed by atoms with Gasteiger partial charge < -0.3 is 9.72 Å². The van der Waals surface area contributed by atoms with Crippen LogP contribution in [0.4, 0.5) is 0 Å². The molecule has 0 aliphatic heterocycles. The molecule has 0 spiro atoms. The van der Waals surface area contributed by atoms with Crippen LogP contribution in [0.3, 0.4) is 0 Å². The second kappa shape index (κ2) is 4.33. The van der Waals surface area contributed by atoms with Gasteiger partial charge in [-0.3, -0.25) is 0 Å². The van der Waals surface area contributed by atoms with Crippen LogP contribution >= 0.6 is 15.9 Å². The van der Waals surface area contributed by atoms with Gasteiger partial charge in [0.1, 0.15) is 5.65 Å². The standard InChI is InChI=1S/C11H14BrN3/c1-8-10(5-6-13-2)15-7-9(12)3-4-11(15)14-8/h3-4,7,13H,5-6H2,1-2H3. The number of nitrogens with zero attached hydrogens (tertiary/aromatic N) is 2. The summed E-state index contributed by atoms with van der Waals surface area (Å²) in [5.41, 5.74) is 3.41. The Morgan fingerprint density at radius 3 is 3.00 bits per heavy atom. The first kappa shape index (κ1) is 10.6. The molecule has 4 heteroatoms. The third kappa shape index (κ3) is 2.06. The largest absolute Gasteiger partial charge is 0.319 e. The van der Waals surface area contributed by atoms with E-state index in [1.54, 1.807) is 0 Å². The zero-order valence-electron chi connectivity index (χ0n) is 8.92. The summed E-state index contributed by atoms with van der Waals surface area (Å²) in [6.45, 7) is 3.03. The predicted octanol–water partition coefficient (Wildman–Crippen LogP) is 2.17. The highest BCUT2D eigenvalue weighted by Gasteiger charge is 2.07. The number of likely N-dealkylation sites (N-methyl/N-ethyl adjacent to an activating group) is 1. The number of halogens is 1. The molecule has 2 heterocycles. The van der Waals surface area contributed by atoms with Crippen molar-refractivity contribution >= 4 is 21.6 Å². The lowest BCUT2D eigenvalue weighted by atomic mass is 10.2. The maximum absolute atomic E-state index is 4.52. The number of pyridine rings is 1. The van der Waals surface area contributed by atoms with Gasteiger partial charge in [0.05, 0.1) is 5.69 Å². The lowest BCUT2D eigenvalue weighted by Gasteiger charge is -2.02. The third-order valence-electron chi connectivity index (χ3n) is 2.49. The Kier molecular flexibility index (Phi) is 3.07. The van der Waals surface area contributed by atoms with Crippen molar-refractivity contribution in [3.8, 4) is 0 Å². The Morgan fingerprint density at radius 1 is 1.47 bits per heavy atom. The van der Waals surface area contributed by atoms with Crippen molar-refractivity contribution in [1.82, 2.24) is 14.7 Å². The molecule has 0 aliphatic carbocycles. The van der Waals surface area contributed by atoms with Crippen LogP contribution in [0, 0.1) is 6.92 Å². The fourth-order valence-corrected chi connectivity index (χ4v) is 2.07. The number of imidazole rings is 1. The van der Waals surface area contributed by atoms with Crippen molar-refractivity contribution in [3.63, 3.8) is 0 Å². The number of fused-ring (bicyclic) bond motifs is 1. The zero-order chi connectivity index (χ0) is 10.8. The number of hydrogen-bond donors (Lipinski definition) is 1. The van der Waals surface area contributed by atoms with E-state index in [2.05, 4.69) is 43.8 Å². The van der Waals surface area contributed by atoms with Crippen molar-refractivity contribution < 1.29 is 0 Å². The first-order valence-corrected chi connectivity index (χ1v) is 5.79. The molecule has 0 unspecified atom stereocenters. The molecular weight excluding hydrogens is 254 g/mol. The van der Waals surface area contributed by atoms with E-state index in [4.69, 9.17) is 0 Å². The molecule has 2 rings (SSSR count). The highest BCUT2D eigenvalue weighted by Crippen LogP contribution is 2.16. The SMILES string of the molecule is CNCCc1c(C)nc2ccc(Br)cn12. The van der Waals surface area contributed by atoms with Crippen LogP contribution in [-0.4, -0.2) is 23.0 Å². The molecule has 2 aromatic heterocycles.